The van der Waals surface area contributed by atoms with Crippen molar-refractivity contribution in [3.63, 3.8) is 0 Å². The molecule has 1 fully saturated rings. The number of hydrogen-bond donors (Lipinski definition) is 2. The number of anilines is 2. The van der Waals surface area contributed by atoms with Gasteiger partial charge in [-0.2, -0.15) is 0 Å². The van der Waals surface area contributed by atoms with Crippen molar-refractivity contribution in [1.82, 2.24) is 5.32 Å². The number of carbonyl (C=O) groups is 2. The van der Waals surface area contributed by atoms with Gasteiger partial charge in [0, 0.05) is 17.8 Å². The van der Waals surface area contributed by atoms with Crippen LogP contribution in [0.25, 0.3) is 0 Å². The lowest BCUT2D eigenvalue weighted by molar-refractivity contribution is -0.121. The Morgan fingerprint density at radius 1 is 1.10 bits per heavy atom. The Hall–Kier alpha value is -3.22. The molecule has 1 aliphatic heterocycles. The summed E-state index contributed by atoms with van der Waals surface area (Å²) in [4.78, 5) is 26.3. The summed E-state index contributed by atoms with van der Waals surface area (Å²) in [5.41, 5.74) is 1.32. The van der Waals surface area contributed by atoms with Crippen molar-refractivity contribution in [1.29, 1.82) is 0 Å². The SMILES string of the molecule is O=C(Nc1ccc2c(c1)OCC(=O)N2CCOc1ccccc1)NC1CCCCC1. The third kappa shape index (κ3) is 5.03. The molecule has 2 aromatic rings. The van der Waals surface area contributed by atoms with E-state index in [4.69, 9.17) is 9.47 Å². The first-order chi connectivity index (χ1) is 14.7. The van der Waals surface area contributed by atoms with Gasteiger partial charge in [-0.3, -0.25) is 4.79 Å². The standard InChI is InChI=1S/C23H27N3O4/c27-22-16-30-21-15-18(25-23(28)24-17-7-3-1-4-8-17)11-12-20(21)26(22)13-14-29-19-9-5-2-6-10-19/h2,5-6,9-12,15,17H,1,3-4,7-8,13-14,16H2,(H2,24,25,28). The molecule has 7 heteroatoms. The van der Waals surface area contributed by atoms with Gasteiger partial charge in [0.2, 0.25) is 0 Å². The van der Waals surface area contributed by atoms with Gasteiger partial charge in [0.05, 0.1) is 12.2 Å². The number of carbonyl (C=O) groups excluding carboxylic acids is 2. The maximum absolute atomic E-state index is 12.3. The number of benzene rings is 2. The number of para-hydroxylation sites is 1. The minimum Gasteiger partial charge on any atom is -0.492 e. The van der Waals surface area contributed by atoms with Gasteiger partial charge < -0.3 is 25.0 Å². The first-order valence-corrected chi connectivity index (χ1v) is 10.5. The molecule has 3 amide bonds. The predicted octanol–water partition coefficient (Wildman–Crippen LogP) is 3.95. The van der Waals surface area contributed by atoms with Crippen LogP contribution in [0.2, 0.25) is 0 Å². The number of nitrogens with one attached hydrogen (secondary N) is 2. The summed E-state index contributed by atoms with van der Waals surface area (Å²) < 4.78 is 11.3. The zero-order chi connectivity index (χ0) is 20.8. The summed E-state index contributed by atoms with van der Waals surface area (Å²) in [6, 6.07) is 14.9. The second-order valence-electron chi connectivity index (χ2n) is 7.61. The second kappa shape index (κ2) is 9.52. The maximum atomic E-state index is 12.3. The topological polar surface area (TPSA) is 79.9 Å². The highest BCUT2D eigenvalue weighted by Crippen LogP contribution is 2.34. The summed E-state index contributed by atoms with van der Waals surface area (Å²) >= 11 is 0. The van der Waals surface area contributed by atoms with Crippen LogP contribution in [-0.2, 0) is 4.79 Å². The number of urea groups is 1. The summed E-state index contributed by atoms with van der Waals surface area (Å²) in [7, 11) is 0. The molecule has 2 N–H and O–H groups in total. The Balaban J connectivity index is 1.36. The maximum Gasteiger partial charge on any atom is 0.319 e. The molecule has 1 saturated carbocycles. The van der Waals surface area contributed by atoms with Crippen molar-refractivity contribution in [3.05, 3.63) is 48.5 Å². The molecule has 7 nitrogen and oxygen atoms in total. The highest BCUT2D eigenvalue weighted by atomic mass is 16.5. The Bertz CT molecular complexity index is 881. The molecule has 1 aliphatic carbocycles. The van der Waals surface area contributed by atoms with Gasteiger partial charge in [0.1, 0.15) is 18.1 Å². The third-order valence-electron chi connectivity index (χ3n) is 5.43. The molecule has 0 unspecified atom stereocenters. The van der Waals surface area contributed by atoms with Crippen LogP contribution < -0.4 is 25.0 Å². The molecular formula is C23H27N3O4. The van der Waals surface area contributed by atoms with Crippen LogP contribution in [-0.4, -0.2) is 37.7 Å². The smallest absolute Gasteiger partial charge is 0.319 e. The normalized spacial score (nSPS) is 16.4. The van der Waals surface area contributed by atoms with E-state index < -0.39 is 0 Å². The fourth-order valence-electron chi connectivity index (χ4n) is 3.90. The van der Waals surface area contributed by atoms with E-state index in [1.54, 1.807) is 23.1 Å². The number of amides is 3. The van der Waals surface area contributed by atoms with Gasteiger partial charge in [-0.25, -0.2) is 4.79 Å². The summed E-state index contributed by atoms with van der Waals surface area (Å²) in [6.07, 6.45) is 5.63. The fraction of sp³-hybridized carbons (Fsp3) is 0.391. The van der Waals surface area contributed by atoms with Crippen molar-refractivity contribution in [2.24, 2.45) is 0 Å². The number of nitrogens with zero attached hydrogens (tertiary/aromatic N) is 1. The highest BCUT2D eigenvalue weighted by Gasteiger charge is 2.26. The molecule has 0 radical (unpaired) electrons. The Labute approximate surface area is 176 Å². The average molecular weight is 409 g/mol. The van der Waals surface area contributed by atoms with Crippen molar-refractivity contribution >= 4 is 23.3 Å². The van der Waals surface area contributed by atoms with E-state index in [2.05, 4.69) is 10.6 Å². The van der Waals surface area contributed by atoms with E-state index in [9.17, 15) is 9.59 Å². The van der Waals surface area contributed by atoms with Crippen LogP contribution in [0.5, 0.6) is 11.5 Å². The summed E-state index contributed by atoms with van der Waals surface area (Å²) in [5.74, 6) is 1.22. The Morgan fingerprint density at radius 2 is 1.90 bits per heavy atom. The van der Waals surface area contributed by atoms with Gasteiger partial charge in [-0.1, -0.05) is 37.5 Å². The van der Waals surface area contributed by atoms with Crippen LogP contribution in [0.4, 0.5) is 16.2 Å². The van der Waals surface area contributed by atoms with Crippen LogP contribution in [0, 0.1) is 0 Å². The van der Waals surface area contributed by atoms with Crippen molar-refractivity contribution in [2.45, 2.75) is 38.1 Å². The number of fused-ring (bicyclic) bond motifs is 1. The molecule has 1 heterocycles. The summed E-state index contributed by atoms with van der Waals surface area (Å²) in [6.45, 7) is 0.758. The van der Waals surface area contributed by atoms with Crippen LogP contribution >= 0.6 is 0 Å². The van der Waals surface area contributed by atoms with Gasteiger partial charge in [-0.05, 0) is 37.1 Å². The predicted molar refractivity (Wildman–Crippen MR) is 115 cm³/mol. The lowest BCUT2D eigenvalue weighted by Gasteiger charge is -2.29. The molecular weight excluding hydrogens is 382 g/mol. The Morgan fingerprint density at radius 3 is 2.70 bits per heavy atom. The zero-order valence-corrected chi connectivity index (χ0v) is 16.9. The molecule has 158 valence electrons. The third-order valence-corrected chi connectivity index (χ3v) is 5.43. The van der Waals surface area contributed by atoms with E-state index in [1.807, 2.05) is 30.3 Å². The van der Waals surface area contributed by atoms with Crippen molar-refractivity contribution in [3.8, 4) is 11.5 Å². The van der Waals surface area contributed by atoms with Gasteiger partial charge in [0.25, 0.3) is 5.91 Å². The second-order valence-corrected chi connectivity index (χ2v) is 7.61. The average Bonchev–Trinajstić information content (AvgIpc) is 2.77. The van der Waals surface area contributed by atoms with E-state index in [1.165, 1.54) is 6.42 Å². The lowest BCUT2D eigenvalue weighted by Crippen LogP contribution is -2.41. The van der Waals surface area contributed by atoms with E-state index >= 15 is 0 Å². The van der Waals surface area contributed by atoms with Crippen LogP contribution in [0.1, 0.15) is 32.1 Å². The monoisotopic (exact) mass is 409 g/mol. The summed E-state index contributed by atoms with van der Waals surface area (Å²) in [5, 5.41) is 5.91. The largest absolute Gasteiger partial charge is 0.492 e. The molecule has 0 bridgehead atoms. The van der Waals surface area contributed by atoms with Crippen LogP contribution in [0.15, 0.2) is 48.5 Å². The van der Waals surface area contributed by atoms with Gasteiger partial charge >= 0.3 is 6.03 Å². The minimum absolute atomic E-state index is 0.0317. The quantitative estimate of drug-likeness (QED) is 0.757. The van der Waals surface area contributed by atoms with Crippen molar-refractivity contribution in [2.75, 3.05) is 30.0 Å². The first kappa shape index (κ1) is 20.1. The van der Waals surface area contributed by atoms with Gasteiger partial charge in [-0.15, -0.1) is 0 Å². The Kier molecular flexibility index (Phi) is 6.37. The zero-order valence-electron chi connectivity index (χ0n) is 16.9. The minimum atomic E-state index is -0.207. The lowest BCUT2D eigenvalue weighted by atomic mass is 9.96. The first-order valence-electron chi connectivity index (χ1n) is 10.5. The van der Waals surface area contributed by atoms with E-state index in [-0.39, 0.29) is 24.6 Å². The molecule has 0 aromatic heterocycles. The molecule has 2 aromatic carbocycles. The molecule has 0 atom stereocenters. The fourth-order valence-corrected chi connectivity index (χ4v) is 3.90. The van der Waals surface area contributed by atoms with Crippen LogP contribution in [0.3, 0.4) is 0 Å². The molecule has 0 spiro atoms. The number of rotatable bonds is 6. The molecule has 30 heavy (non-hydrogen) atoms. The molecule has 4 rings (SSSR count). The molecule has 0 saturated heterocycles. The number of hydrogen-bond acceptors (Lipinski definition) is 4. The number of ether oxygens (including phenoxy) is 2. The van der Waals surface area contributed by atoms with Crippen molar-refractivity contribution < 1.29 is 19.1 Å². The van der Waals surface area contributed by atoms with E-state index in [0.29, 0.717) is 30.3 Å². The molecule has 2 aliphatic rings. The van der Waals surface area contributed by atoms with Gasteiger partial charge in [0.15, 0.2) is 6.61 Å². The van der Waals surface area contributed by atoms with E-state index in [0.717, 1.165) is 31.4 Å². The highest BCUT2D eigenvalue weighted by molar-refractivity contribution is 5.99.